The number of nitrogens with one attached hydrogen (secondary N) is 2. The highest BCUT2D eigenvalue weighted by Crippen LogP contribution is 2.26. The quantitative estimate of drug-likeness (QED) is 0.736. The summed E-state index contributed by atoms with van der Waals surface area (Å²) in [6, 6.07) is 10.5. The van der Waals surface area contributed by atoms with Gasteiger partial charge in [-0.2, -0.15) is 4.98 Å². The molecule has 0 radical (unpaired) electrons. The van der Waals surface area contributed by atoms with E-state index >= 15 is 0 Å². The van der Waals surface area contributed by atoms with Crippen LogP contribution in [0.1, 0.15) is 50.8 Å². The topological polar surface area (TPSA) is 79.4 Å². The van der Waals surface area contributed by atoms with Gasteiger partial charge in [-0.25, -0.2) is 9.78 Å². The largest absolute Gasteiger partial charge is 0.450 e. The second kappa shape index (κ2) is 9.58. The molecule has 7 heteroatoms. The number of aryl methyl sites for hydroxylation is 1. The van der Waals surface area contributed by atoms with Crippen LogP contribution in [0.25, 0.3) is 0 Å². The maximum atomic E-state index is 11.9. The van der Waals surface area contributed by atoms with Crippen LogP contribution in [0.2, 0.25) is 0 Å². The van der Waals surface area contributed by atoms with E-state index in [2.05, 4.69) is 46.6 Å². The summed E-state index contributed by atoms with van der Waals surface area (Å²) in [5.74, 6) is 1.80. The van der Waals surface area contributed by atoms with Gasteiger partial charge in [0.05, 0.1) is 6.61 Å². The summed E-state index contributed by atoms with van der Waals surface area (Å²) >= 11 is 0. The molecule has 1 aliphatic heterocycles. The Morgan fingerprint density at radius 3 is 2.66 bits per heavy atom. The van der Waals surface area contributed by atoms with Gasteiger partial charge in [-0.3, -0.25) is 0 Å². The number of anilines is 3. The Morgan fingerprint density at radius 2 is 1.97 bits per heavy atom. The summed E-state index contributed by atoms with van der Waals surface area (Å²) in [4.78, 5) is 22.8. The highest BCUT2D eigenvalue weighted by Gasteiger charge is 2.23. The number of nitrogens with zero attached hydrogens (tertiary/aromatic N) is 3. The van der Waals surface area contributed by atoms with E-state index in [9.17, 15) is 4.79 Å². The number of hydrogen-bond donors (Lipinski definition) is 2. The van der Waals surface area contributed by atoms with Gasteiger partial charge >= 0.3 is 6.09 Å². The molecule has 0 aliphatic carbocycles. The standard InChI is InChI=1S/C22H31N5O2/c1-5-29-22(28)27-12-10-17(11-13-27)24-20-14-16(4)23-21(26-20)25-19-9-7-6-8-18(19)15(2)3/h6-9,14-15,17H,5,10-13H2,1-4H3,(H2,23,24,25,26). The fraction of sp³-hybridized carbons (Fsp3) is 0.500. The van der Waals surface area contributed by atoms with E-state index in [1.165, 1.54) is 5.56 Å². The molecule has 1 aromatic heterocycles. The summed E-state index contributed by atoms with van der Waals surface area (Å²) < 4.78 is 5.09. The molecule has 7 nitrogen and oxygen atoms in total. The van der Waals surface area contributed by atoms with Gasteiger partial charge in [0.25, 0.3) is 0 Å². The van der Waals surface area contributed by atoms with Crippen molar-refractivity contribution in [3.8, 4) is 0 Å². The summed E-state index contributed by atoms with van der Waals surface area (Å²) in [5.41, 5.74) is 3.16. The van der Waals surface area contributed by atoms with Crippen molar-refractivity contribution < 1.29 is 9.53 Å². The number of benzene rings is 1. The van der Waals surface area contributed by atoms with Gasteiger partial charge in [-0.05, 0) is 44.2 Å². The van der Waals surface area contributed by atoms with Crippen molar-refractivity contribution in [2.24, 2.45) is 0 Å². The van der Waals surface area contributed by atoms with Gasteiger partial charge in [0.2, 0.25) is 5.95 Å². The molecule has 0 saturated carbocycles. The lowest BCUT2D eigenvalue weighted by atomic mass is 10.0. The Labute approximate surface area is 172 Å². The van der Waals surface area contributed by atoms with Crippen molar-refractivity contribution >= 4 is 23.5 Å². The van der Waals surface area contributed by atoms with Gasteiger partial charge in [0, 0.05) is 36.6 Å². The summed E-state index contributed by atoms with van der Waals surface area (Å²) in [7, 11) is 0. The van der Waals surface area contributed by atoms with Crippen LogP contribution >= 0.6 is 0 Å². The number of para-hydroxylation sites is 1. The summed E-state index contributed by atoms with van der Waals surface area (Å²) in [6.45, 7) is 9.93. The van der Waals surface area contributed by atoms with Gasteiger partial charge in [-0.15, -0.1) is 0 Å². The number of hydrogen-bond acceptors (Lipinski definition) is 6. The molecule has 1 saturated heterocycles. The van der Waals surface area contributed by atoms with E-state index in [0.29, 0.717) is 31.6 Å². The fourth-order valence-corrected chi connectivity index (χ4v) is 3.56. The average molecular weight is 398 g/mol. The molecule has 1 amide bonds. The minimum absolute atomic E-state index is 0.223. The lowest BCUT2D eigenvalue weighted by Crippen LogP contribution is -2.42. The zero-order valence-electron chi connectivity index (χ0n) is 17.7. The second-order valence-corrected chi connectivity index (χ2v) is 7.69. The molecule has 1 fully saturated rings. The SMILES string of the molecule is CCOC(=O)N1CCC(Nc2cc(C)nc(Nc3ccccc3C(C)C)n2)CC1. The van der Waals surface area contributed by atoms with Crippen LogP contribution in [0.5, 0.6) is 0 Å². The Bertz CT molecular complexity index is 832. The normalized spacial score (nSPS) is 14.7. The van der Waals surface area contributed by atoms with Crippen LogP contribution in [0.3, 0.4) is 0 Å². The lowest BCUT2D eigenvalue weighted by Gasteiger charge is -2.31. The molecule has 3 rings (SSSR count). The van der Waals surface area contributed by atoms with Crippen molar-refractivity contribution in [1.29, 1.82) is 0 Å². The first-order valence-corrected chi connectivity index (χ1v) is 10.4. The van der Waals surface area contributed by atoms with E-state index in [-0.39, 0.29) is 12.1 Å². The first-order valence-electron chi connectivity index (χ1n) is 10.4. The number of rotatable bonds is 6. The van der Waals surface area contributed by atoms with Crippen LogP contribution in [-0.4, -0.2) is 46.7 Å². The molecule has 156 valence electrons. The van der Waals surface area contributed by atoms with Gasteiger partial charge in [0.1, 0.15) is 5.82 Å². The molecule has 1 aromatic carbocycles. The first kappa shape index (κ1) is 20.9. The number of ether oxygens (including phenoxy) is 1. The number of piperidine rings is 1. The minimum Gasteiger partial charge on any atom is -0.450 e. The predicted octanol–water partition coefficient (Wildman–Crippen LogP) is 4.68. The third-order valence-corrected chi connectivity index (χ3v) is 5.06. The molecule has 1 aliphatic rings. The highest BCUT2D eigenvalue weighted by molar-refractivity contribution is 5.67. The Balaban J connectivity index is 1.65. The van der Waals surface area contributed by atoms with E-state index in [4.69, 9.17) is 4.74 Å². The van der Waals surface area contributed by atoms with E-state index in [0.717, 1.165) is 30.0 Å². The van der Waals surface area contributed by atoms with Gasteiger partial charge in [0.15, 0.2) is 0 Å². The Kier molecular flexibility index (Phi) is 6.90. The van der Waals surface area contributed by atoms with Crippen molar-refractivity contribution in [3.05, 3.63) is 41.6 Å². The minimum atomic E-state index is -0.223. The smallest absolute Gasteiger partial charge is 0.409 e. The molecule has 0 bridgehead atoms. The molecule has 0 unspecified atom stereocenters. The average Bonchev–Trinajstić information content (AvgIpc) is 2.68. The van der Waals surface area contributed by atoms with Crippen molar-refractivity contribution in [3.63, 3.8) is 0 Å². The summed E-state index contributed by atoms with van der Waals surface area (Å²) in [6.07, 6.45) is 1.50. The molecular weight excluding hydrogens is 366 g/mol. The molecule has 2 heterocycles. The van der Waals surface area contributed by atoms with E-state index in [1.807, 2.05) is 32.0 Å². The molecule has 29 heavy (non-hydrogen) atoms. The molecule has 2 N–H and O–H groups in total. The van der Waals surface area contributed by atoms with Gasteiger partial charge < -0.3 is 20.3 Å². The van der Waals surface area contributed by atoms with Crippen LogP contribution < -0.4 is 10.6 Å². The third-order valence-electron chi connectivity index (χ3n) is 5.06. The predicted molar refractivity (Wildman–Crippen MR) is 116 cm³/mol. The third kappa shape index (κ3) is 5.59. The van der Waals surface area contributed by atoms with Gasteiger partial charge in [-0.1, -0.05) is 32.0 Å². The molecule has 0 spiro atoms. The van der Waals surface area contributed by atoms with Crippen LogP contribution in [0, 0.1) is 6.92 Å². The zero-order valence-corrected chi connectivity index (χ0v) is 17.7. The monoisotopic (exact) mass is 397 g/mol. The maximum Gasteiger partial charge on any atom is 0.409 e. The van der Waals surface area contributed by atoms with Crippen LogP contribution in [0.15, 0.2) is 30.3 Å². The zero-order chi connectivity index (χ0) is 20.8. The Hall–Kier alpha value is -2.83. The number of carbonyl (C=O) groups excluding carboxylic acids is 1. The Morgan fingerprint density at radius 1 is 1.24 bits per heavy atom. The van der Waals surface area contributed by atoms with E-state index in [1.54, 1.807) is 4.90 Å². The molecule has 0 atom stereocenters. The van der Waals surface area contributed by atoms with Crippen molar-refractivity contribution in [1.82, 2.24) is 14.9 Å². The first-order chi connectivity index (χ1) is 14.0. The van der Waals surface area contributed by atoms with Crippen LogP contribution in [0.4, 0.5) is 22.2 Å². The number of amides is 1. The number of likely N-dealkylation sites (tertiary alicyclic amines) is 1. The second-order valence-electron chi connectivity index (χ2n) is 7.69. The molecule has 2 aromatic rings. The molecular formula is C22H31N5O2. The van der Waals surface area contributed by atoms with E-state index < -0.39 is 0 Å². The highest BCUT2D eigenvalue weighted by atomic mass is 16.6. The lowest BCUT2D eigenvalue weighted by molar-refractivity contribution is 0.0983. The summed E-state index contributed by atoms with van der Waals surface area (Å²) in [5, 5.41) is 6.88. The van der Waals surface area contributed by atoms with Crippen molar-refractivity contribution in [2.45, 2.75) is 52.5 Å². The maximum absolute atomic E-state index is 11.9. The van der Waals surface area contributed by atoms with Crippen LogP contribution in [-0.2, 0) is 4.74 Å². The van der Waals surface area contributed by atoms with Crippen molar-refractivity contribution in [2.75, 3.05) is 30.3 Å². The fourth-order valence-electron chi connectivity index (χ4n) is 3.56. The number of carbonyl (C=O) groups is 1. The number of aromatic nitrogens is 2.